The van der Waals surface area contributed by atoms with Crippen LogP contribution in [0.3, 0.4) is 0 Å². The van der Waals surface area contributed by atoms with Crippen molar-refractivity contribution < 1.29 is 9.53 Å². The van der Waals surface area contributed by atoms with Gasteiger partial charge in [0.15, 0.2) is 0 Å². The van der Waals surface area contributed by atoms with Crippen molar-refractivity contribution >= 4 is 5.91 Å². The molecule has 0 aliphatic rings. The van der Waals surface area contributed by atoms with E-state index in [-0.39, 0.29) is 5.91 Å². The van der Waals surface area contributed by atoms with Gasteiger partial charge in [-0.05, 0) is 35.7 Å². The molecule has 1 aromatic heterocycles. The lowest BCUT2D eigenvalue weighted by Crippen LogP contribution is -2.23. The van der Waals surface area contributed by atoms with E-state index in [1.807, 2.05) is 43.3 Å². The van der Waals surface area contributed by atoms with Crippen LogP contribution in [0.2, 0.25) is 0 Å². The summed E-state index contributed by atoms with van der Waals surface area (Å²) < 4.78 is 7.35. The van der Waals surface area contributed by atoms with Gasteiger partial charge in [0.25, 0.3) is 5.91 Å². The average molecular weight is 350 g/mol. The Kier molecular flexibility index (Phi) is 5.98. The van der Waals surface area contributed by atoms with Gasteiger partial charge in [0.2, 0.25) is 0 Å². The number of rotatable bonds is 8. The molecule has 0 atom stereocenters. The fourth-order valence-electron chi connectivity index (χ4n) is 2.60. The minimum Gasteiger partial charge on any atom is -0.494 e. The molecule has 0 saturated carbocycles. The molecule has 0 saturated heterocycles. The van der Waals surface area contributed by atoms with Crippen LogP contribution in [0, 0.1) is 0 Å². The van der Waals surface area contributed by atoms with Crippen molar-refractivity contribution in [3.05, 3.63) is 77.9 Å². The van der Waals surface area contributed by atoms with Crippen LogP contribution in [0.1, 0.15) is 34.8 Å². The van der Waals surface area contributed by atoms with Crippen LogP contribution in [0.5, 0.6) is 5.75 Å². The highest BCUT2D eigenvalue weighted by atomic mass is 16.5. The number of hydrogen-bond donors (Lipinski definition) is 1. The lowest BCUT2D eigenvalue weighted by Gasteiger charge is -2.11. The number of aromatic nitrogens is 3. The molecule has 3 rings (SSSR count). The van der Waals surface area contributed by atoms with E-state index in [0.29, 0.717) is 31.0 Å². The molecule has 0 unspecified atom stereocenters. The summed E-state index contributed by atoms with van der Waals surface area (Å²) in [5.74, 6) is 0.591. The lowest BCUT2D eigenvalue weighted by atomic mass is 10.1. The van der Waals surface area contributed by atoms with Crippen molar-refractivity contribution in [2.45, 2.75) is 26.4 Å². The molecule has 1 N–H and O–H groups in total. The topological polar surface area (TPSA) is 69.0 Å². The fraction of sp³-hybridized carbons (Fsp3) is 0.250. The number of nitrogens with one attached hydrogen (secondary N) is 1. The summed E-state index contributed by atoms with van der Waals surface area (Å²) in [5, 5.41) is 7.11. The number of hydrogen-bond acceptors (Lipinski definition) is 4. The fourth-order valence-corrected chi connectivity index (χ4v) is 2.60. The van der Waals surface area contributed by atoms with Gasteiger partial charge in [-0.1, -0.05) is 37.3 Å². The zero-order chi connectivity index (χ0) is 18.2. The summed E-state index contributed by atoms with van der Waals surface area (Å²) in [6.07, 6.45) is 4.12. The summed E-state index contributed by atoms with van der Waals surface area (Å²) in [6.45, 7) is 3.75. The first-order valence-electron chi connectivity index (χ1n) is 8.66. The molecular weight excluding hydrogens is 328 g/mol. The number of ether oxygens (including phenoxy) is 1. The van der Waals surface area contributed by atoms with E-state index in [1.165, 1.54) is 6.33 Å². The minimum atomic E-state index is -0.123. The van der Waals surface area contributed by atoms with Gasteiger partial charge in [0.05, 0.1) is 13.2 Å². The molecule has 0 aliphatic carbocycles. The number of nitrogens with zero attached hydrogens (tertiary/aromatic N) is 3. The maximum absolute atomic E-state index is 12.5. The van der Waals surface area contributed by atoms with Gasteiger partial charge >= 0.3 is 0 Å². The van der Waals surface area contributed by atoms with E-state index in [4.69, 9.17) is 4.74 Å². The molecule has 6 nitrogen and oxygen atoms in total. The lowest BCUT2D eigenvalue weighted by molar-refractivity contribution is 0.0950. The number of carbonyl (C=O) groups excluding carboxylic acids is 1. The Bertz CT molecular complexity index is 847. The Morgan fingerprint density at radius 2 is 2.00 bits per heavy atom. The summed E-state index contributed by atoms with van der Waals surface area (Å²) in [7, 11) is 0. The first kappa shape index (κ1) is 17.7. The van der Waals surface area contributed by atoms with Gasteiger partial charge in [-0.2, -0.15) is 5.10 Å². The SMILES string of the molecule is CCCOc1cccc(C(=O)NCc2ccccc2Cn2cncn2)c1. The Hall–Kier alpha value is -3.15. The highest BCUT2D eigenvalue weighted by molar-refractivity contribution is 5.94. The molecular formula is C20H22N4O2. The van der Waals surface area contributed by atoms with Gasteiger partial charge in [-0.3, -0.25) is 4.79 Å². The molecule has 0 spiro atoms. The van der Waals surface area contributed by atoms with Crippen LogP contribution < -0.4 is 10.1 Å². The average Bonchev–Trinajstić information content (AvgIpc) is 3.19. The van der Waals surface area contributed by atoms with E-state index < -0.39 is 0 Å². The minimum absolute atomic E-state index is 0.123. The maximum Gasteiger partial charge on any atom is 0.251 e. The summed E-state index contributed by atoms with van der Waals surface area (Å²) in [4.78, 5) is 16.4. The quantitative estimate of drug-likeness (QED) is 0.678. The van der Waals surface area contributed by atoms with Gasteiger partial charge in [-0.15, -0.1) is 0 Å². The highest BCUT2D eigenvalue weighted by Gasteiger charge is 2.09. The van der Waals surface area contributed by atoms with E-state index >= 15 is 0 Å². The molecule has 3 aromatic rings. The predicted octanol–water partition coefficient (Wildman–Crippen LogP) is 3.05. The largest absolute Gasteiger partial charge is 0.494 e. The van der Waals surface area contributed by atoms with Gasteiger partial charge in [0.1, 0.15) is 18.4 Å². The molecule has 2 aromatic carbocycles. The van der Waals surface area contributed by atoms with Crippen molar-refractivity contribution in [3.8, 4) is 5.75 Å². The molecule has 0 fully saturated rings. The van der Waals surface area contributed by atoms with E-state index in [1.54, 1.807) is 23.1 Å². The van der Waals surface area contributed by atoms with Crippen molar-refractivity contribution in [2.24, 2.45) is 0 Å². The number of benzene rings is 2. The van der Waals surface area contributed by atoms with Gasteiger partial charge in [0, 0.05) is 12.1 Å². The molecule has 1 heterocycles. The first-order chi connectivity index (χ1) is 12.8. The van der Waals surface area contributed by atoms with Crippen LogP contribution in [0.15, 0.2) is 61.2 Å². The summed E-state index contributed by atoms with van der Waals surface area (Å²) >= 11 is 0. The summed E-state index contributed by atoms with van der Waals surface area (Å²) in [6, 6.07) is 15.2. The van der Waals surface area contributed by atoms with E-state index in [2.05, 4.69) is 15.4 Å². The molecule has 134 valence electrons. The van der Waals surface area contributed by atoms with Crippen LogP contribution in [-0.4, -0.2) is 27.3 Å². The second-order valence-electron chi connectivity index (χ2n) is 5.92. The Morgan fingerprint density at radius 1 is 1.15 bits per heavy atom. The molecule has 1 amide bonds. The van der Waals surface area contributed by atoms with Crippen LogP contribution in [0.25, 0.3) is 0 Å². The number of carbonyl (C=O) groups is 1. The molecule has 0 bridgehead atoms. The third-order valence-electron chi connectivity index (χ3n) is 3.93. The van der Waals surface area contributed by atoms with Crippen molar-refractivity contribution in [2.75, 3.05) is 6.61 Å². The van der Waals surface area contributed by atoms with Crippen LogP contribution in [-0.2, 0) is 13.1 Å². The Morgan fingerprint density at radius 3 is 2.77 bits per heavy atom. The third kappa shape index (κ3) is 4.69. The Labute approximate surface area is 152 Å². The van der Waals surface area contributed by atoms with Crippen LogP contribution in [0.4, 0.5) is 0 Å². The number of amides is 1. The monoisotopic (exact) mass is 350 g/mol. The molecule has 26 heavy (non-hydrogen) atoms. The summed E-state index contributed by atoms with van der Waals surface area (Å²) in [5.41, 5.74) is 2.74. The van der Waals surface area contributed by atoms with Crippen molar-refractivity contribution in [3.63, 3.8) is 0 Å². The van der Waals surface area contributed by atoms with Crippen LogP contribution >= 0.6 is 0 Å². The highest BCUT2D eigenvalue weighted by Crippen LogP contribution is 2.14. The van der Waals surface area contributed by atoms with E-state index in [0.717, 1.165) is 17.5 Å². The second kappa shape index (κ2) is 8.80. The Balaban J connectivity index is 1.65. The smallest absolute Gasteiger partial charge is 0.251 e. The molecule has 6 heteroatoms. The zero-order valence-electron chi connectivity index (χ0n) is 14.8. The van der Waals surface area contributed by atoms with Gasteiger partial charge < -0.3 is 10.1 Å². The maximum atomic E-state index is 12.5. The van der Waals surface area contributed by atoms with Gasteiger partial charge in [-0.25, -0.2) is 9.67 Å². The van der Waals surface area contributed by atoms with Crippen molar-refractivity contribution in [1.29, 1.82) is 0 Å². The van der Waals surface area contributed by atoms with E-state index in [9.17, 15) is 4.79 Å². The third-order valence-corrected chi connectivity index (χ3v) is 3.93. The van der Waals surface area contributed by atoms with Crippen molar-refractivity contribution in [1.82, 2.24) is 20.1 Å². The standard InChI is InChI=1S/C20H22N4O2/c1-2-10-26-19-9-5-8-16(11-19)20(25)22-12-17-6-3-4-7-18(17)13-24-15-21-14-23-24/h3-9,11,14-15H,2,10,12-13H2,1H3,(H,22,25). The predicted molar refractivity (Wildman–Crippen MR) is 99.0 cm³/mol. The molecule has 0 radical (unpaired) electrons. The normalized spacial score (nSPS) is 10.5. The first-order valence-corrected chi connectivity index (χ1v) is 8.66. The second-order valence-corrected chi connectivity index (χ2v) is 5.92. The molecule has 0 aliphatic heterocycles. The zero-order valence-corrected chi connectivity index (χ0v) is 14.8.